The van der Waals surface area contributed by atoms with Crippen LogP contribution in [-0.4, -0.2) is 17.6 Å². The molecule has 1 N–H and O–H groups in total. The number of nitrogens with zero attached hydrogens (tertiary/aromatic N) is 1. The summed E-state index contributed by atoms with van der Waals surface area (Å²) in [5.41, 5.74) is 2.12. The van der Waals surface area contributed by atoms with Gasteiger partial charge in [0.05, 0.1) is 19.9 Å². The van der Waals surface area contributed by atoms with Crippen LogP contribution < -0.4 is 10.1 Å². The predicted molar refractivity (Wildman–Crippen MR) is 79.8 cm³/mol. The highest BCUT2D eigenvalue weighted by Gasteiger charge is 2.12. The van der Waals surface area contributed by atoms with Gasteiger partial charge in [0.15, 0.2) is 5.76 Å². The Labute approximate surface area is 120 Å². The molecule has 0 atom stereocenters. The monoisotopic (exact) mass is 274 g/mol. The van der Waals surface area contributed by atoms with Crippen LogP contribution in [0.4, 0.5) is 0 Å². The number of rotatable bonds is 4. The van der Waals surface area contributed by atoms with Gasteiger partial charge in [-0.25, -0.2) is 4.98 Å². The van der Waals surface area contributed by atoms with Gasteiger partial charge in [0, 0.05) is 11.1 Å². The third-order valence-corrected chi connectivity index (χ3v) is 3.02. The molecule has 4 nitrogen and oxygen atoms in total. The van der Waals surface area contributed by atoms with E-state index in [1.807, 2.05) is 25.1 Å². The lowest BCUT2D eigenvalue weighted by Gasteiger charge is -2.18. The summed E-state index contributed by atoms with van der Waals surface area (Å²) < 4.78 is 11.1. The smallest absolute Gasteiger partial charge is 0.208 e. The van der Waals surface area contributed by atoms with E-state index in [4.69, 9.17) is 9.15 Å². The van der Waals surface area contributed by atoms with E-state index < -0.39 is 0 Å². The average Bonchev–Trinajstić information content (AvgIpc) is 2.85. The van der Waals surface area contributed by atoms with Crippen LogP contribution in [0.25, 0.3) is 11.3 Å². The standard InChI is InChI=1S/C16H22N2O2/c1-11-6-7-12(8-13(11)19-5)14-9-17-15(20-14)10-18-16(2,3)4/h6-9,18H,10H2,1-5H3. The second-order valence-electron chi connectivity index (χ2n) is 5.91. The lowest BCUT2D eigenvalue weighted by molar-refractivity contribution is 0.383. The topological polar surface area (TPSA) is 47.3 Å². The minimum absolute atomic E-state index is 0.0434. The van der Waals surface area contributed by atoms with Crippen molar-refractivity contribution in [2.75, 3.05) is 7.11 Å². The summed E-state index contributed by atoms with van der Waals surface area (Å²) >= 11 is 0. The summed E-state index contributed by atoms with van der Waals surface area (Å²) in [4.78, 5) is 4.30. The van der Waals surface area contributed by atoms with Crippen molar-refractivity contribution in [2.45, 2.75) is 39.8 Å². The highest BCUT2D eigenvalue weighted by atomic mass is 16.5. The van der Waals surface area contributed by atoms with E-state index in [-0.39, 0.29) is 5.54 Å². The maximum atomic E-state index is 5.78. The molecule has 0 amide bonds. The van der Waals surface area contributed by atoms with Gasteiger partial charge in [-0.15, -0.1) is 0 Å². The molecule has 0 saturated carbocycles. The number of methoxy groups -OCH3 is 1. The first kappa shape index (κ1) is 14.6. The first-order valence-corrected chi connectivity index (χ1v) is 6.74. The van der Waals surface area contributed by atoms with Crippen LogP contribution in [0.1, 0.15) is 32.2 Å². The average molecular weight is 274 g/mol. The van der Waals surface area contributed by atoms with Crippen LogP contribution >= 0.6 is 0 Å². The number of ether oxygens (including phenoxy) is 1. The Balaban J connectivity index is 2.16. The number of oxazole rings is 1. The Bertz CT molecular complexity index is 582. The van der Waals surface area contributed by atoms with Crippen molar-refractivity contribution in [1.29, 1.82) is 0 Å². The first-order chi connectivity index (χ1) is 9.39. The molecule has 0 aliphatic carbocycles. The molecule has 0 spiro atoms. The highest BCUT2D eigenvalue weighted by Crippen LogP contribution is 2.27. The van der Waals surface area contributed by atoms with Gasteiger partial charge in [0.1, 0.15) is 5.75 Å². The fourth-order valence-corrected chi connectivity index (χ4v) is 1.84. The van der Waals surface area contributed by atoms with Crippen molar-refractivity contribution < 1.29 is 9.15 Å². The molecule has 0 aliphatic rings. The molecule has 2 rings (SSSR count). The molecule has 20 heavy (non-hydrogen) atoms. The highest BCUT2D eigenvalue weighted by molar-refractivity contribution is 5.60. The molecule has 0 bridgehead atoms. The lowest BCUT2D eigenvalue weighted by atomic mass is 10.1. The molecule has 0 saturated heterocycles. The quantitative estimate of drug-likeness (QED) is 0.926. The van der Waals surface area contributed by atoms with Gasteiger partial charge in [0.25, 0.3) is 0 Å². The van der Waals surface area contributed by atoms with Crippen molar-refractivity contribution in [3.05, 3.63) is 35.9 Å². The third kappa shape index (κ3) is 3.61. The fourth-order valence-electron chi connectivity index (χ4n) is 1.84. The zero-order chi connectivity index (χ0) is 14.8. The zero-order valence-electron chi connectivity index (χ0n) is 12.8. The molecule has 1 aromatic heterocycles. The van der Waals surface area contributed by atoms with Gasteiger partial charge in [-0.05, 0) is 39.3 Å². The Morgan fingerprint density at radius 1 is 1.30 bits per heavy atom. The summed E-state index contributed by atoms with van der Waals surface area (Å²) in [6.45, 7) is 8.97. The molecule has 1 aromatic carbocycles. The van der Waals surface area contributed by atoms with Gasteiger partial charge in [-0.3, -0.25) is 0 Å². The van der Waals surface area contributed by atoms with Crippen molar-refractivity contribution in [1.82, 2.24) is 10.3 Å². The SMILES string of the molecule is COc1cc(-c2cnc(CNC(C)(C)C)o2)ccc1C. The Morgan fingerprint density at radius 2 is 2.05 bits per heavy atom. The molecule has 108 valence electrons. The summed E-state index contributed by atoms with van der Waals surface area (Å²) in [6.07, 6.45) is 1.75. The third-order valence-electron chi connectivity index (χ3n) is 3.02. The van der Waals surface area contributed by atoms with Crippen molar-refractivity contribution >= 4 is 0 Å². The van der Waals surface area contributed by atoms with Gasteiger partial charge in [0.2, 0.25) is 5.89 Å². The largest absolute Gasteiger partial charge is 0.496 e. The van der Waals surface area contributed by atoms with Crippen molar-refractivity contribution in [3.63, 3.8) is 0 Å². The number of nitrogens with one attached hydrogen (secondary N) is 1. The van der Waals surface area contributed by atoms with E-state index >= 15 is 0 Å². The Kier molecular flexibility index (Phi) is 4.14. The summed E-state index contributed by atoms with van der Waals surface area (Å²) in [5, 5.41) is 3.35. The van der Waals surface area contributed by atoms with Crippen LogP contribution in [0.3, 0.4) is 0 Å². The van der Waals surface area contributed by atoms with E-state index in [1.54, 1.807) is 13.3 Å². The van der Waals surface area contributed by atoms with E-state index in [1.165, 1.54) is 0 Å². The zero-order valence-corrected chi connectivity index (χ0v) is 12.8. The van der Waals surface area contributed by atoms with Crippen LogP contribution in [0.2, 0.25) is 0 Å². The van der Waals surface area contributed by atoms with E-state index in [2.05, 4.69) is 31.1 Å². The lowest BCUT2D eigenvalue weighted by Crippen LogP contribution is -2.35. The summed E-state index contributed by atoms with van der Waals surface area (Å²) in [6, 6.07) is 6.00. The number of benzene rings is 1. The number of aryl methyl sites for hydroxylation is 1. The molecule has 0 aliphatic heterocycles. The van der Waals surface area contributed by atoms with Crippen molar-refractivity contribution in [3.8, 4) is 17.1 Å². The maximum absolute atomic E-state index is 5.78. The molecule has 2 aromatic rings. The van der Waals surface area contributed by atoms with Crippen molar-refractivity contribution in [2.24, 2.45) is 0 Å². The molecular formula is C16H22N2O2. The van der Waals surface area contributed by atoms with E-state index in [0.29, 0.717) is 12.4 Å². The van der Waals surface area contributed by atoms with Crippen LogP contribution in [0, 0.1) is 6.92 Å². The second-order valence-corrected chi connectivity index (χ2v) is 5.91. The minimum Gasteiger partial charge on any atom is -0.496 e. The van der Waals surface area contributed by atoms with E-state index in [9.17, 15) is 0 Å². The molecular weight excluding hydrogens is 252 g/mol. The maximum Gasteiger partial charge on any atom is 0.208 e. The Hall–Kier alpha value is -1.81. The van der Waals surface area contributed by atoms with Crippen LogP contribution in [0.5, 0.6) is 5.75 Å². The van der Waals surface area contributed by atoms with Gasteiger partial charge >= 0.3 is 0 Å². The van der Waals surface area contributed by atoms with E-state index in [0.717, 1.165) is 22.6 Å². The first-order valence-electron chi connectivity index (χ1n) is 6.74. The normalized spacial score (nSPS) is 11.7. The minimum atomic E-state index is 0.0434. The number of hydrogen-bond acceptors (Lipinski definition) is 4. The molecule has 0 fully saturated rings. The molecule has 4 heteroatoms. The van der Waals surface area contributed by atoms with Gasteiger partial charge < -0.3 is 14.5 Å². The Morgan fingerprint density at radius 3 is 2.70 bits per heavy atom. The second kappa shape index (κ2) is 5.67. The fraction of sp³-hybridized carbons (Fsp3) is 0.438. The summed E-state index contributed by atoms with van der Waals surface area (Å²) in [7, 11) is 1.67. The van der Waals surface area contributed by atoms with Gasteiger partial charge in [-0.2, -0.15) is 0 Å². The van der Waals surface area contributed by atoms with Crippen LogP contribution in [-0.2, 0) is 6.54 Å². The summed E-state index contributed by atoms with van der Waals surface area (Å²) in [5.74, 6) is 2.30. The molecule has 0 radical (unpaired) electrons. The molecule has 1 heterocycles. The molecule has 0 unspecified atom stereocenters. The number of hydrogen-bond donors (Lipinski definition) is 1. The van der Waals surface area contributed by atoms with Crippen LogP contribution in [0.15, 0.2) is 28.8 Å². The number of aromatic nitrogens is 1. The predicted octanol–water partition coefficient (Wildman–Crippen LogP) is 3.55. The van der Waals surface area contributed by atoms with Gasteiger partial charge in [-0.1, -0.05) is 12.1 Å².